The molecule has 0 atom stereocenters. The zero-order valence-electron chi connectivity index (χ0n) is 15.9. The monoisotopic (exact) mass is 431 g/mol. The summed E-state index contributed by atoms with van der Waals surface area (Å²) < 4.78 is 8.80. The Morgan fingerprint density at radius 3 is 2.41 bits per heavy atom. The molecule has 4 aliphatic rings. The number of rotatable bonds is 4. The van der Waals surface area contributed by atoms with E-state index in [1.54, 1.807) is 6.07 Å². The van der Waals surface area contributed by atoms with Crippen molar-refractivity contribution in [2.75, 3.05) is 0 Å². The Labute approximate surface area is 168 Å². The van der Waals surface area contributed by atoms with Gasteiger partial charge in [0.1, 0.15) is 5.76 Å². The normalized spacial score (nSPS) is 31.4. The molecule has 4 bridgehead atoms. The van der Waals surface area contributed by atoms with Crippen molar-refractivity contribution in [3.63, 3.8) is 0 Å². The molecule has 6 rings (SSSR count). The smallest absolute Gasteiger partial charge is 0.287 e. The van der Waals surface area contributed by atoms with E-state index in [1.165, 1.54) is 19.3 Å². The van der Waals surface area contributed by atoms with Crippen molar-refractivity contribution < 1.29 is 9.21 Å². The molecule has 1 amide bonds. The Balaban J connectivity index is 1.30. The van der Waals surface area contributed by atoms with Gasteiger partial charge in [-0.2, -0.15) is 5.10 Å². The largest absolute Gasteiger partial charge is 0.454 e. The Bertz CT molecular complexity index is 862. The van der Waals surface area contributed by atoms with E-state index >= 15 is 0 Å². The van der Waals surface area contributed by atoms with Gasteiger partial charge in [-0.25, -0.2) is 0 Å². The van der Waals surface area contributed by atoms with Crippen LogP contribution in [0.4, 0.5) is 0 Å². The second kappa shape index (κ2) is 6.23. The summed E-state index contributed by atoms with van der Waals surface area (Å²) in [6, 6.07) is 3.69. The lowest BCUT2D eigenvalue weighted by atomic mass is 9.53. The number of hydrogen-bond acceptors (Lipinski definition) is 3. The van der Waals surface area contributed by atoms with Gasteiger partial charge in [-0.15, -0.1) is 0 Å². The number of amides is 1. The van der Waals surface area contributed by atoms with Gasteiger partial charge in [0.05, 0.1) is 22.4 Å². The van der Waals surface area contributed by atoms with Crippen LogP contribution >= 0.6 is 15.9 Å². The number of aryl methyl sites for hydroxylation is 1. The predicted molar refractivity (Wildman–Crippen MR) is 106 cm³/mol. The zero-order valence-corrected chi connectivity index (χ0v) is 17.5. The average Bonchev–Trinajstić information content (AvgIpc) is 3.15. The lowest BCUT2D eigenvalue weighted by Crippen LogP contribution is -2.59. The minimum atomic E-state index is -0.0576. The van der Waals surface area contributed by atoms with E-state index in [9.17, 15) is 4.79 Å². The molecule has 2 aromatic rings. The maximum atomic E-state index is 12.9. The molecule has 144 valence electrons. The van der Waals surface area contributed by atoms with Crippen molar-refractivity contribution in [2.45, 2.75) is 64.5 Å². The highest BCUT2D eigenvalue weighted by atomic mass is 79.9. The summed E-state index contributed by atoms with van der Waals surface area (Å²) in [6.45, 7) is 4.52. The van der Waals surface area contributed by atoms with Crippen LogP contribution in [-0.4, -0.2) is 21.2 Å². The standard InChI is InChI=1S/C21H26BrN3O2/c1-12-19(22)13(2)25(24-12)11-17-3-4-18(27-17)20(26)23-21-8-14-5-15(9-21)7-16(6-14)10-21/h3-4,14-16H,5-11H2,1-2H3,(H,23,26). The molecule has 0 saturated heterocycles. The van der Waals surface area contributed by atoms with Crippen LogP contribution < -0.4 is 5.32 Å². The Hall–Kier alpha value is -1.56. The molecule has 27 heavy (non-hydrogen) atoms. The van der Waals surface area contributed by atoms with Gasteiger partial charge in [-0.05, 0) is 98.2 Å². The second-order valence-electron chi connectivity index (χ2n) is 9.06. The van der Waals surface area contributed by atoms with Crippen molar-refractivity contribution in [2.24, 2.45) is 17.8 Å². The van der Waals surface area contributed by atoms with Crippen molar-refractivity contribution in [3.8, 4) is 0 Å². The predicted octanol–water partition coefficient (Wildman–Crippen LogP) is 4.60. The molecule has 0 unspecified atom stereocenters. The molecular formula is C21H26BrN3O2. The fourth-order valence-corrected chi connectivity index (χ4v) is 6.41. The molecule has 4 aliphatic carbocycles. The van der Waals surface area contributed by atoms with Crippen molar-refractivity contribution >= 4 is 21.8 Å². The van der Waals surface area contributed by atoms with Crippen LogP contribution in [0.5, 0.6) is 0 Å². The maximum absolute atomic E-state index is 12.9. The van der Waals surface area contributed by atoms with Crippen LogP contribution in [0, 0.1) is 31.6 Å². The molecule has 2 heterocycles. The molecular weight excluding hydrogens is 406 g/mol. The summed E-state index contributed by atoms with van der Waals surface area (Å²) in [5.74, 6) is 3.55. The summed E-state index contributed by atoms with van der Waals surface area (Å²) in [5.41, 5.74) is 2.03. The molecule has 6 heteroatoms. The van der Waals surface area contributed by atoms with Gasteiger partial charge < -0.3 is 9.73 Å². The Morgan fingerprint density at radius 2 is 1.85 bits per heavy atom. The molecule has 2 aromatic heterocycles. The minimum absolute atomic E-state index is 0.0132. The first kappa shape index (κ1) is 17.5. The highest BCUT2D eigenvalue weighted by molar-refractivity contribution is 9.10. The summed E-state index contributed by atoms with van der Waals surface area (Å²) in [4.78, 5) is 12.9. The first-order valence-corrected chi connectivity index (χ1v) is 10.8. The van der Waals surface area contributed by atoms with Gasteiger partial charge in [0.15, 0.2) is 5.76 Å². The van der Waals surface area contributed by atoms with E-state index in [2.05, 4.69) is 26.3 Å². The van der Waals surface area contributed by atoms with Gasteiger partial charge in [0.2, 0.25) is 0 Å². The van der Waals surface area contributed by atoms with Gasteiger partial charge in [0.25, 0.3) is 5.91 Å². The average molecular weight is 432 g/mol. The molecule has 0 spiro atoms. The fourth-order valence-electron chi connectivity index (χ4n) is 6.13. The van der Waals surface area contributed by atoms with Crippen LogP contribution in [0.15, 0.2) is 21.0 Å². The first-order chi connectivity index (χ1) is 12.9. The number of furan rings is 1. The topological polar surface area (TPSA) is 60.1 Å². The third-order valence-corrected chi connectivity index (χ3v) is 8.05. The summed E-state index contributed by atoms with van der Waals surface area (Å²) in [7, 11) is 0. The van der Waals surface area contributed by atoms with Gasteiger partial charge in [-0.1, -0.05) is 0 Å². The van der Waals surface area contributed by atoms with E-state index in [0.717, 1.165) is 58.6 Å². The quantitative estimate of drug-likeness (QED) is 0.768. The number of halogens is 1. The highest BCUT2D eigenvalue weighted by Gasteiger charge is 2.51. The number of hydrogen-bond donors (Lipinski definition) is 1. The van der Waals surface area contributed by atoms with Crippen LogP contribution in [0.3, 0.4) is 0 Å². The number of carbonyl (C=O) groups excluding carboxylic acids is 1. The second-order valence-corrected chi connectivity index (χ2v) is 9.85. The molecule has 0 aromatic carbocycles. The minimum Gasteiger partial charge on any atom is -0.454 e. The van der Waals surface area contributed by atoms with Crippen molar-refractivity contribution in [1.82, 2.24) is 15.1 Å². The van der Waals surface area contributed by atoms with Crippen LogP contribution in [-0.2, 0) is 6.54 Å². The lowest BCUT2D eigenvalue weighted by molar-refractivity contribution is -0.0171. The van der Waals surface area contributed by atoms with Crippen molar-refractivity contribution in [3.05, 3.63) is 39.5 Å². The van der Waals surface area contributed by atoms with Gasteiger partial charge >= 0.3 is 0 Å². The van der Waals surface area contributed by atoms with E-state index in [4.69, 9.17) is 4.42 Å². The molecule has 5 nitrogen and oxygen atoms in total. The molecule has 4 fully saturated rings. The molecule has 0 radical (unpaired) electrons. The van der Waals surface area contributed by atoms with Crippen LogP contribution in [0.25, 0.3) is 0 Å². The fraction of sp³-hybridized carbons (Fsp3) is 0.619. The van der Waals surface area contributed by atoms with Crippen LogP contribution in [0.2, 0.25) is 0 Å². The Morgan fingerprint density at radius 1 is 1.22 bits per heavy atom. The maximum Gasteiger partial charge on any atom is 0.287 e. The van der Waals surface area contributed by atoms with Gasteiger partial charge in [-0.3, -0.25) is 9.48 Å². The van der Waals surface area contributed by atoms with Gasteiger partial charge in [0, 0.05) is 5.54 Å². The molecule has 4 saturated carbocycles. The van der Waals surface area contributed by atoms with E-state index in [1.807, 2.05) is 24.6 Å². The number of aromatic nitrogens is 2. The van der Waals surface area contributed by atoms with E-state index in [0.29, 0.717) is 12.3 Å². The number of nitrogens with zero attached hydrogens (tertiary/aromatic N) is 2. The third-order valence-electron chi connectivity index (χ3n) is 6.90. The number of carbonyl (C=O) groups is 1. The zero-order chi connectivity index (χ0) is 18.8. The third kappa shape index (κ3) is 3.06. The molecule has 1 N–H and O–H groups in total. The first-order valence-electron chi connectivity index (χ1n) is 10.0. The summed E-state index contributed by atoms with van der Waals surface area (Å²) >= 11 is 3.55. The van der Waals surface area contributed by atoms with Crippen LogP contribution in [0.1, 0.15) is 66.2 Å². The summed E-state index contributed by atoms with van der Waals surface area (Å²) in [5, 5.41) is 7.90. The summed E-state index contributed by atoms with van der Waals surface area (Å²) in [6.07, 6.45) is 7.57. The Kier molecular flexibility index (Phi) is 4.04. The SMILES string of the molecule is Cc1nn(Cc2ccc(C(=O)NC34CC5CC(CC(C5)C3)C4)o2)c(C)c1Br. The van der Waals surface area contributed by atoms with E-state index < -0.39 is 0 Å². The molecule has 0 aliphatic heterocycles. The lowest BCUT2D eigenvalue weighted by Gasteiger charge is -2.56. The van der Waals surface area contributed by atoms with Crippen molar-refractivity contribution in [1.29, 1.82) is 0 Å². The number of nitrogens with one attached hydrogen (secondary N) is 1. The highest BCUT2D eigenvalue weighted by Crippen LogP contribution is 2.55. The van der Waals surface area contributed by atoms with E-state index in [-0.39, 0.29) is 11.4 Å².